The largest absolute Gasteiger partial charge is 0.381 e. The molecule has 5 heteroatoms. The molecule has 1 aromatic carbocycles. The smallest absolute Gasteiger partial charge is 0.191 e. The van der Waals surface area contributed by atoms with Crippen molar-refractivity contribution in [2.75, 3.05) is 53.0 Å². The van der Waals surface area contributed by atoms with Crippen molar-refractivity contribution in [3.63, 3.8) is 0 Å². The maximum atomic E-state index is 5.72. The van der Waals surface area contributed by atoms with Crippen LogP contribution >= 0.6 is 0 Å². The second kappa shape index (κ2) is 13.6. The lowest BCUT2D eigenvalue weighted by molar-refractivity contribution is 0.133. The first kappa shape index (κ1) is 20.7. The van der Waals surface area contributed by atoms with E-state index in [0.29, 0.717) is 0 Å². The van der Waals surface area contributed by atoms with E-state index in [1.54, 1.807) is 0 Å². The molecular formula is C21H36N4O. The minimum Gasteiger partial charge on any atom is -0.381 e. The first-order chi connectivity index (χ1) is 12.9. The molecular weight excluding hydrogens is 324 g/mol. The summed E-state index contributed by atoms with van der Waals surface area (Å²) < 4.78 is 5.72. The molecule has 0 bridgehead atoms. The summed E-state index contributed by atoms with van der Waals surface area (Å²) in [6, 6.07) is 10.5. The van der Waals surface area contributed by atoms with Gasteiger partial charge in [0.05, 0.1) is 6.61 Å². The second-order valence-electron chi connectivity index (χ2n) is 6.88. The normalized spacial score (nSPS) is 15.8. The molecule has 26 heavy (non-hydrogen) atoms. The lowest BCUT2D eigenvalue weighted by atomic mass is 10.1. The molecule has 0 radical (unpaired) electrons. The van der Waals surface area contributed by atoms with Crippen LogP contribution in [0.25, 0.3) is 0 Å². The predicted octanol–water partition coefficient (Wildman–Crippen LogP) is 2.68. The van der Waals surface area contributed by atoms with E-state index >= 15 is 0 Å². The van der Waals surface area contributed by atoms with Crippen LogP contribution in [0, 0.1) is 0 Å². The van der Waals surface area contributed by atoms with Crippen LogP contribution in [0.15, 0.2) is 35.3 Å². The summed E-state index contributed by atoms with van der Waals surface area (Å²) in [5.41, 5.74) is 1.34. The molecule has 1 fully saturated rings. The molecule has 5 nitrogen and oxygen atoms in total. The fraction of sp³-hybridized carbons (Fsp3) is 0.667. The summed E-state index contributed by atoms with van der Waals surface area (Å²) in [7, 11) is 1.84. The van der Waals surface area contributed by atoms with Crippen molar-refractivity contribution in [3.05, 3.63) is 35.9 Å². The summed E-state index contributed by atoms with van der Waals surface area (Å²) in [4.78, 5) is 6.83. The van der Waals surface area contributed by atoms with Crippen molar-refractivity contribution >= 4 is 5.96 Å². The Morgan fingerprint density at radius 3 is 2.54 bits per heavy atom. The lowest BCUT2D eigenvalue weighted by Gasteiger charge is -2.26. The lowest BCUT2D eigenvalue weighted by Crippen LogP contribution is -2.42. The van der Waals surface area contributed by atoms with Gasteiger partial charge in [-0.3, -0.25) is 4.99 Å². The highest BCUT2D eigenvalue weighted by Crippen LogP contribution is 2.07. The SMILES string of the molecule is CN=C(NCCCCOCCc1ccccc1)NCCN1CCCCC1. The third kappa shape index (κ3) is 9.20. The average Bonchev–Trinajstić information content (AvgIpc) is 2.70. The summed E-state index contributed by atoms with van der Waals surface area (Å²) in [5.74, 6) is 0.909. The molecule has 0 aromatic heterocycles. The number of unbranched alkanes of at least 4 members (excludes halogenated alkanes) is 1. The number of aliphatic imine (C=N–C) groups is 1. The molecule has 2 rings (SSSR count). The van der Waals surface area contributed by atoms with Gasteiger partial charge in [0.25, 0.3) is 0 Å². The van der Waals surface area contributed by atoms with Crippen LogP contribution in [0.4, 0.5) is 0 Å². The van der Waals surface area contributed by atoms with Gasteiger partial charge in [0.2, 0.25) is 0 Å². The standard InChI is InChI=1S/C21H36N4O/c1-22-21(24-14-17-25-15-7-3-8-16-25)23-13-6-9-18-26-19-12-20-10-4-2-5-11-20/h2,4-5,10-11H,3,6-9,12-19H2,1H3,(H2,22,23,24). The highest BCUT2D eigenvalue weighted by atomic mass is 16.5. The van der Waals surface area contributed by atoms with E-state index in [1.165, 1.54) is 37.9 Å². The predicted molar refractivity (Wildman–Crippen MR) is 110 cm³/mol. The molecule has 1 aliphatic rings. The van der Waals surface area contributed by atoms with Gasteiger partial charge < -0.3 is 20.3 Å². The minimum atomic E-state index is 0.803. The van der Waals surface area contributed by atoms with Gasteiger partial charge in [-0.1, -0.05) is 36.8 Å². The molecule has 0 saturated carbocycles. The fourth-order valence-electron chi connectivity index (χ4n) is 3.21. The molecule has 0 aliphatic carbocycles. The molecule has 1 aromatic rings. The van der Waals surface area contributed by atoms with Crippen molar-refractivity contribution in [1.29, 1.82) is 0 Å². The topological polar surface area (TPSA) is 48.9 Å². The minimum absolute atomic E-state index is 0.803. The van der Waals surface area contributed by atoms with Gasteiger partial charge in [-0.2, -0.15) is 0 Å². The first-order valence-corrected chi connectivity index (χ1v) is 10.2. The number of piperidine rings is 1. The van der Waals surface area contributed by atoms with E-state index in [4.69, 9.17) is 4.74 Å². The van der Waals surface area contributed by atoms with Gasteiger partial charge in [0.1, 0.15) is 0 Å². The molecule has 0 unspecified atom stereocenters. The first-order valence-electron chi connectivity index (χ1n) is 10.2. The second-order valence-corrected chi connectivity index (χ2v) is 6.88. The number of guanidine groups is 1. The zero-order valence-corrected chi connectivity index (χ0v) is 16.4. The van der Waals surface area contributed by atoms with E-state index in [0.717, 1.165) is 58.1 Å². The van der Waals surface area contributed by atoms with Gasteiger partial charge in [0, 0.05) is 33.3 Å². The number of rotatable bonds is 11. The number of nitrogens with zero attached hydrogens (tertiary/aromatic N) is 2. The number of likely N-dealkylation sites (tertiary alicyclic amines) is 1. The highest BCUT2D eigenvalue weighted by molar-refractivity contribution is 5.79. The number of hydrogen-bond donors (Lipinski definition) is 2. The Morgan fingerprint density at radius 1 is 1.00 bits per heavy atom. The van der Waals surface area contributed by atoms with Gasteiger partial charge in [-0.15, -0.1) is 0 Å². The Morgan fingerprint density at radius 2 is 1.77 bits per heavy atom. The Hall–Kier alpha value is -1.59. The van der Waals surface area contributed by atoms with E-state index < -0.39 is 0 Å². The van der Waals surface area contributed by atoms with Crippen LogP contribution in [0.5, 0.6) is 0 Å². The molecule has 0 amide bonds. The van der Waals surface area contributed by atoms with E-state index in [2.05, 4.69) is 44.8 Å². The zero-order chi connectivity index (χ0) is 18.3. The fourth-order valence-corrected chi connectivity index (χ4v) is 3.21. The van der Waals surface area contributed by atoms with Crippen molar-refractivity contribution in [3.8, 4) is 0 Å². The zero-order valence-electron chi connectivity index (χ0n) is 16.4. The molecule has 1 heterocycles. The quantitative estimate of drug-likeness (QED) is 0.362. The van der Waals surface area contributed by atoms with Crippen LogP contribution in [-0.4, -0.2) is 63.8 Å². The summed E-state index contributed by atoms with van der Waals surface area (Å²) in [6.07, 6.45) is 7.25. The Balaban J connectivity index is 1.41. The van der Waals surface area contributed by atoms with Crippen molar-refractivity contribution in [2.24, 2.45) is 4.99 Å². The van der Waals surface area contributed by atoms with E-state index in [9.17, 15) is 0 Å². The molecule has 0 atom stereocenters. The average molecular weight is 361 g/mol. The van der Waals surface area contributed by atoms with Crippen molar-refractivity contribution < 1.29 is 4.74 Å². The maximum absolute atomic E-state index is 5.72. The van der Waals surface area contributed by atoms with Crippen LogP contribution in [-0.2, 0) is 11.2 Å². The molecule has 146 valence electrons. The Kier molecular flexibility index (Phi) is 10.8. The van der Waals surface area contributed by atoms with Crippen molar-refractivity contribution in [1.82, 2.24) is 15.5 Å². The van der Waals surface area contributed by atoms with Gasteiger partial charge in [-0.25, -0.2) is 0 Å². The van der Waals surface area contributed by atoms with Gasteiger partial charge in [-0.05, 0) is 50.8 Å². The molecule has 0 spiro atoms. The van der Waals surface area contributed by atoms with Crippen LogP contribution < -0.4 is 10.6 Å². The molecule has 2 N–H and O–H groups in total. The third-order valence-electron chi connectivity index (χ3n) is 4.78. The van der Waals surface area contributed by atoms with E-state index in [-0.39, 0.29) is 0 Å². The van der Waals surface area contributed by atoms with E-state index in [1.807, 2.05) is 13.1 Å². The highest BCUT2D eigenvalue weighted by Gasteiger charge is 2.09. The van der Waals surface area contributed by atoms with Crippen LogP contribution in [0.1, 0.15) is 37.7 Å². The summed E-state index contributed by atoms with van der Waals surface area (Å²) in [5, 5.41) is 6.80. The number of nitrogens with one attached hydrogen (secondary N) is 2. The Labute approximate surface area is 159 Å². The van der Waals surface area contributed by atoms with Crippen molar-refractivity contribution in [2.45, 2.75) is 38.5 Å². The number of benzene rings is 1. The van der Waals surface area contributed by atoms with Gasteiger partial charge in [0.15, 0.2) is 5.96 Å². The Bertz CT molecular complexity index is 486. The van der Waals surface area contributed by atoms with Crippen LogP contribution in [0.2, 0.25) is 0 Å². The summed E-state index contributed by atoms with van der Waals surface area (Å²) in [6.45, 7) is 7.13. The number of ether oxygens (including phenoxy) is 1. The molecule has 1 aliphatic heterocycles. The maximum Gasteiger partial charge on any atom is 0.191 e. The monoisotopic (exact) mass is 360 g/mol. The van der Waals surface area contributed by atoms with Gasteiger partial charge >= 0.3 is 0 Å². The number of hydrogen-bond acceptors (Lipinski definition) is 3. The summed E-state index contributed by atoms with van der Waals surface area (Å²) >= 11 is 0. The molecule has 1 saturated heterocycles. The van der Waals surface area contributed by atoms with Crippen LogP contribution in [0.3, 0.4) is 0 Å². The third-order valence-corrected chi connectivity index (χ3v) is 4.78.